The lowest BCUT2D eigenvalue weighted by molar-refractivity contribution is -0.385. The highest BCUT2D eigenvalue weighted by atomic mass is 16.6. The fourth-order valence-electron chi connectivity index (χ4n) is 9.26. The molecule has 3 aromatic rings. The van der Waals surface area contributed by atoms with E-state index in [1.165, 1.54) is 24.3 Å². The number of ketones is 2. The van der Waals surface area contributed by atoms with Gasteiger partial charge in [0.15, 0.2) is 17.3 Å². The van der Waals surface area contributed by atoms with Gasteiger partial charge >= 0.3 is 0 Å². The molecule has 1 aliphatic carbocycles. The molecule has 4 fully saturated rings. The Kier molecular flexibility index (Phi) is 5.15. The molecule has 0 amide bonds. The molecule has 2 spiro atoms. The molecule has 4 saturated heterocycles. The van der Waals surface area contributed by atoms with Crippen LogP contribution in [0.4, 0.5) is 11.4 Å². The van der Waals surface area contributed by atoms with Crippen LogP contribution in [0.1, 0.15) is 45.8 Å². The molecule has 0 aromatic heterocycles. The molecular weight excluding hydrogens is 552 g/mol. The van der Waals surface area contributed by atoms with Crippen molar-refractivity contribution in [3.05, 3.63) is 121 Å². The molecule has 216 valence electrons. The second-order valence-electron chi connectivity index (χ2n) is 12.2. The average molecular weight is 579 g/mol. The van der Waals surface area contributed by atoms with E-state index in [1.54, 1.807) is 59.5 Å². The van der Waals surface area contributed by atoms with E-state index in [0.29, 0.717) is 40.8 Å². The number of fused-ring (bicyclic) bond motifs is 5. The maximum atomic E-state index is 15.2. The average Bonchev–Trinajstić information content (AvgIpc) is 3.66. The summed E-state index contributed by atoms with van der Waals surface area (Å²) in [5, 5.41) is 36.3. The third-order valence-corrected chi connectivity index (χ3v) is 10.5. The summed E-state index contributed by atoms with van der Waals surface area (Å²) in [5.74, 6) is -1.23. The Labute approximate surface area is 245 Å². The number of hydrogen-bond acceptors (Lipinski definition) is 9. The number of rotatable bonds is 4. The van der Waals surface area contributed by atoms with Gasteiger partial charge in [0.2, 0.25) is 0 Å². The number of benzene rings is 3. The SMILES string of the molecule is O=C1/C(=C/c2cccc([N+](=O)[O-])c2)CN2CC13[C@@H](c1cccc([N+](=O)[O-])c1)C1CCCN1C31C(=O)c3ccccc3C21O. The van der Waals surface area contributed by atoms with Crippen molar-refractivity contribution in [3.63, 3.8) is 0 Å². The maximum Gasteiger partial charge on any atom is 0.270 e. The number of carbonyl (C=O) groups is 2. The van der Waals surface area contributed by atoms with E-state index < -0.39 is 32.4 Å². The fourth-order valence-corrected chi connectivity index (χ4v) is 9.26. The summed E-state index contributed by atoms with van der Waals surface area (Å²) < 4.78 is 0. The molecule has 11 nitrogen and oxygen atoms in total. The first-order chi connectivity index (χ1) is 20.7. The smallest absolute Gasteiger partial charge is 0.270 e. The zero-order chi connectivity index (χ0) is 29.9. The largest absolute Gasteiger partial charge is 0.369 e. The van der Waals surface area contributed by atoms with Crippen LogP contribution >= 0.6 is 0 Å². The molecule has 5 aliphatic rings. The molecule has 0 radical (unpaired) electrons. The number of aliphatic hydroxyl groups is 1. The van der Waals surface area contributed by atoms with Gasteiger partial charge in [-0.1, -0.05) is 48.5 Å². The van der Waals surface area contributed by atoms with Gasteiger partial charge in [-0.3, -0.25) is 39.6 Å². The Balaban J connectivity index is 1.42. The van der Waals surface area contributed by atoms with Crippen LogP contribution in [0.15, 0.2) is 78.4 Å². The normalized spacial score (nSPS) is 34.6. The number of hydrogen-bond donors (Lipinski definition) is 1. The number of nitro groups is 2. The molecule has 8 rings (SSSR count). The highest BCUT2D eigenvalue weighted by Crippen LogP contribution is 2.74. The zero-order valence-electron chi connectivity index (χ0n) is 22.9. The van der Waals surface area contributed by atoms with E-state index >= 15 is 4.79 Å². The molecular formula is C32H26N4O7. The van der Waals surface area contributed by atoms with Crippen molar-refractivity contribution in [1.29, 1.82) is 0 Å². The molecule has 43 heavy (non-hydrogen) atoms. The van der Waals surface area contributed by atoms with Crippen molar-refractivity contribution in [2.45, 2.75) is 36.1 Å². The van der Waals surface area contributed by atoms with Crippen LogP contribution in [-0.4, -0.2) is 67.5 Å². The van der Waals surface area contributed by atoms with Crippen molar-refractivity contribution in [1.82, 2.24) is 9.80 Å². The lowest BCUT2D eigenvalue weighted by Gasteiger charge is -2.45. The highest BCUT2D eigenvalue weighted by Gasteiger charge is 2.90. The molecule has 1 N–H and O–H groups in total. The number of carbonyl (C=O) groups excluding carboxylic acids is 2. The first-order valence-corrected chi connectivity index (χ1v) is 14.3. The predicted octanol–water partition coefficient (Wildman–Crippen LogP) is 3.81. The van der Waals surface area contributed by atoms with Gasteiger partial charge in [-0.15, -0.1) is 0 Å². The number of nitrogens with zero attached hydrogens (tertiary/aromatic N) is 4. The molecule has 11 heteroatoms. The molecule has 6 atom stereocenters. The molecule has 4 aliphatic heterocycles. The molecule has 2 bridgehead atoms. The summed E-state index contributed by atoms with van der Waals surface area (Å²) in [7, 11) is 0. The minimum atomic E-state index is -1.83. The van der Waals surface area contributed by atoms with Crippen molar-refractivity contribution in [2.75, 3.05) is 19.6 Å². The van der Waals surface area contributed by atoms with Crippen LogP contribution in [0.2, 0.25) is 0 Å². The number of piperidine rings is 1. The first-order valence-electron chi connectivity index (χ1n) is 14.3. The molecule has 5 unspecified atom stereocenters. The Morgan fingerprint density at radius 1 is 0.907 bits per heavy atom. The van der Waals surface area contributed by atoms with Crippen LogP contribution in [-0.2, 0) is 10.5 Å². The van der Waals surface area contributed by atoms with Crippen LogP contribution in [0, 0.1) is 25.6 Å². The van der Waals surface area contributed by atoms with Gasteiger partial charge < -0.3 is 5.11 Å². The Hall–Kier alpha value is -4.58. The quantitative estimate of drug-likeness (QED) is 0.277. The van der Waals surface area contributed by atoms with Gasteiger partial charge in [-0.05, 0) is 36.6 Å². The molecule has 3 aromatic carbocycles. The van der Waals surface area contributed by atoms with E-state index in [9.17, 15) is 30.1 Å². The van der Waals surface area contributed by atoms with Crippen LogP contribution < -0.4 is 0 Å². The van der Waals surface area contributed by atoms with E-state index in [-0.39, 0.29) is 42.1 Å². The van der Waals surface area contributed by atoms with E-state index in [0.717, 1.165) is 6.42 Å². The summed E-state index contributed by atoms with van der Waals surface area (Å²) >= 11 is 0. The maximum absolute atomic E-state index is 15.2. The fraction of sp³-hybridized carbons (Fsp3) is 0.312. The van der Waals surface area contributed by atoms with E-state index in [1.807, 2.05) is 4.90 Å². The Morgan fingerprint density at radius 3 is 2.40 bits per heavy atom. The summed E-state index contributed by atoms with van der Waals surface area (Å²) in [4.78, 5) is 56.2. The summed E-state index contributed by atoms with van der Waals surface area (Å²) in [6, 6.07) is 18.9. The van der Waals surface area contributed by atoms with Crippen LogP contribution in [0.3, 0.4) is 0 Å². The second kappa shape index (κ2) is 8.50. The molecule has 4 heterocycles. The van der Waals surface area contributed by atoms with Gasteiger partial charge in [0.1, 0.15) is 5.54 Å². The Bertz CT molecular complexity index is 1840. The van der Waals surface area contributed by atoms with Crippen LogP contribution in [0.25, 0.3) is 6.08 Å². The van der Waals surface area contributed by atoms with Gasteiger partial charge in [-0.2, -0.15) is 0 Å². The zero-order valence-corrected chi connectivity index (χ0v) is 22.9. The summed E-state index contributed by atoms with van der Waals surface area (Å²) in [6.45, 7) is 0.614. The lowest BCUT2D eigenvalue weighted by atomic mass is 9.57. The minimum Gasteiger partial charge on any atom is -0.369 e. The number of non-ortho nitro benzene ring substituents is 2. The Morgan fingerprint density at radius 2 is 1.63 bits per heavy atom. The predicted molar refractivity (Wildman–Crippen MR) is 153 cm³/mol. The third-order valence-electron chi connectivity index (χ3n) is 10.5. The number of Topliss-reactive ketones (excluding diaryl/α,β-unsaturated/α-hetero) is 2. The summed E-state index contributed by atoms with van der Waals surface area (Å²) in [6.07, 6.45) is 3.03. The van der Waals surface area contributed by atoms with Crippen molar-refractivity contribution in [2.24, 2.45) is 5.41 Å². The van der Waals surface area contributed by atoms with E-state index in [2.05, 4.69) is 0 Å². The van der Waals surface area contributed by atoms with Crippen LogP contribution in [0.5, 0.6) is 0 Å². The minimum absolute atomic E-state index is 0.0311. The lowest BCUT2D eigenvalue weighted by Crippen LogP contribution is -2.67. The number of nitro benzene ring substituents is 2. The third kappa shape index (κ3) is 2.89. The van der Waals surface area contributed by atoms with E-state index in [4.69, 9.17) is 0 Å². The van der Waals surface area contributed by atoms with Gasteiger partial charge in [0.05, 0.1) is 15.3 Å². The van der Waals surface area contributed by atoms with Crippen molar-refractivity contribution in [3.8, 4) is 0 Å². The highest BCUT2D eigenvalue weighted by molar-refractivity contribution is 6.19. The van der Waals surface area contributed by atoms with Gasteiger partial charge in [0, 0.05) is 66.0 Å². The second-order valence-corrected chi connectivity index (χ2v) is 12.2. The monoisotopic (exact) mass is 578 g/mol. The van der Waals surface area contributed by atoms with Crippen molar-refractivity contribution >= 4 is 29.0 Å². The first kappa shape index (κ1) is 26.1. The van der Waals surface area contributed by atoms with Gasteiger partial charge in [0.25, 0.3) is 11.4 Å². The summed E-state index contributed by atoms with van der Waals surface area (Å²) in [5.41, 5.74) is -2.96. The van der Waals surface area contributed by atoms with Crippen molar-refractivity contribution < 1.29 is 24.5 Å². The van der Waals surface area contributed by atoms with Gasteiger partial charge in [-0.25, -0.2) is 0 Å². The topological polar surface area (TPSA) is 147 Å². The molecule has 0 saturated carbocycles. The standard InChI is InChI=1S/C32H26N4O7/c37-28-21(14-19-6-3-8-22(15-19)35(40)41)17-33-18-30(28)27(20-7-4-9-23(16-20)36(42)43)26-12-5-13-34(26)31(30)29(38)24-10-1-2-11-25(24)32(31,33)39/h1-4,6-11,14-16,26-27,39H,5,12-13,17-18H2/b21-14+/t26?,27-,30?,31?,32?/m0/s1.